The van der Waals surface area contributed by atoms with Crippen LogP contribution in [0.15, 0.2) is 77.7 Å². The smallest absolute Gasteiger partial charge is 0.251 e. The highest BCUT2D eigenvalue weighted by atomic mass is 32.2. The van der Waals surface area contributed by atoms with Crippen molar-refractivity contribution in [2.75, 3.05) is 12.3 Å². The molecule has 0 unspecified atom stereocenters. The maximum absolute atomic E-state index is 12.9. The van der Waals surface area contributed by atoms with E-state index < -0.39 is 0 Å². The predicted molar refractivity (Wildman–Crippen MR) is 111 cm³/mol. The summed E-state index contributed by atoms with van der Waals surface area (Å²) in [5.74, 6) is 0.425. The number of nitriles is 1. The molecule has 0 aliphatic rings. The minimum Gasteiger partial charge on any atom is -0.352 e. The number of nitrogens with one attached hydrogen (secondary N) is 1. The Balaban J connectivity index is 1.59. The molecule has 0 aliphatic heterocycles. The van der Waals surface area contributed by atoms with E-state index in [1.165, 1.54) is 12.1 Å². The molecule has 3 nitrogen and oxygen atoms in total. The molecule has 3 aromatic rings. The van der Waals surface area contributed by atoms with Gasteiger partial charge in [0.2, 0.25) is 0 Å². The molecule has 0 fully saturated rings. The Morgan fingerprint density at radius 2 is 1.64 bits per heavy atom. The van der Waals surface area contributed by atoms with Crippen LogP contribution in [0.4, 0.5) is 4.39 Å². The van der Waals surface area contributed by atoms with Crippen LogP contribution in [-0.4, -0.2) is 18.2 Å². The topological polar surface area (TPSA) is 52.9 Å². The van der Waals surface area contributed by atoms with Crippen LogP contribution in [-0.2, 0) is 0 Å². The molecule has 0 heterocycles. The zero-order valence-corrected chi connectivity index (χ0v) is 16.0. The van der Waals surface area contributed by atoms with Crippen LogP contribution in [0.3, 0.4) is 0 Å². The summed E-state index contributed by atoms with van der Waals surface area (Å²) in [7, 11) is 0. The average molecular weight is 390 g/mol. The molecule has 3 rings (SSSR count). The Bertz CT molecular complexity index is 996. The first-order valence-corrected chi connectivity index (χ1v) is 9.92. The van der Waals surface area contributed by atoms with Crippen molar-refractivity contribution in [3.05, 3.63) is 89.7 Å². The first kappa shape index (κ1) is 19.7. The van der Waals surface area contributed by atoms with Crippen LogP contribution in [0.1, 0.15) is 22.3 Å². The van der Waals surface area contributed by atoms with Crippen LogP contribution in [0, 0.1) is 17.1 Å². The zero-order chi connectivity index (χ0) is 19.8. The molecule has 5 heteroatoms. The van der Waals surface area contributed by atoms with E-state index in [4.69, 9.17) is 0 Å². The van der Waals surface area contributed by atoms with E-state index in [1.54, 1.807) is 36.0 Å². The summed E-state index contributed by atoms with van der Waals surface area (Å²) < 4.78 is 12.9. The van der Waals surface area contributed by atoms with Crippen molar-refractivity contribution in [2.24, 2.45) is 0 Å². The minimum absolute atomic E-state index is 0.157. The number of rotatable bonds is 7. The van der Waals surface area contributed by atoms with Gasteiger partial charge in [-0.2, -0.15) is 5.26 Å². The third-order valence-electron chi connectivity index (χ3n) is 4.20. The number of hydrogen-bond donors (Lipinski definition) is 1. The van der Waals surface area contributed by atoms with Gasteiger partial charge in [-0.15, -0.1) is 11.8 Å². The molecule has 28 heavy (non-hydrogen) atoms. The van der Waals surface area contributed by atoms with Crippen LogP contribution in [0.25, 0.3) is 11.1 Å². The molecule has 0 aromatic heterocycles. The van der Waals surface area contributed by atoms with Crippen LogP contribution < -0.4 is 5.32 Å². The maximum atomic E-state index is 12.9. The number of benzene rings is 3. The molecule has 0 atom stereocenters. The lowest BCUT2D eigenvalue weighted by Crippen LogP contribution is -2.25. The summed E-state index contributed by atoms with van der Waals surface area (Å²) in [5.41, 5.74) is 2.59. The van der Waals surface area contributed by atoms with E-state index in [9.17, 15) is 14.4 Å². The van der Waals surface area contributed by atoms with E-state index in [0.29, 0.717) is 17.7 Å². The van der Waals surface area contributed by atoms with Gasteiger partial charge >= 0.3 is 0 Å². The van der Waals surface area contributed by atoms with Crippen molar-refractivity contribution in [1.29, 1.82) is 5.26 Å². The fraction of sp³-hybridized carbons (Fsp3) is 0.130. The summed E-state index contributed by atoms with van der Waals surface area (Å²) >= 11 is 1.63. The fourth-order valence-corrected chi connectivity index (χ4v) is 3.67. The molecule has 0 saturated carbocycles. The third-order valence-corrected chi connectivity index (χ3v) is 5.30. The number of halogens is 1. The van der Waals surface area contributed by atoms with E-state index in [2.05, 4.69) is 11.4 Å². The Kier molecular flexibility index (Phi) is 6.83. The number of amides is 1. The molecule has 1 N–H and O–H groups in total. The van der Waals surface area contributed by atoms with Gasteiger partial charge in [0, 0.05) is 22.6 Å². The van der Waals surface area contributed by atoms with Crippen LogP contribution >= 0.6 is 11.8 Å². The normalized spacial score (nSPS) is 10.3. The molecule has 0 spiro atoms. The summed E-state index contributed by atoms with van der Waals surface area (Å²) in [5, 5.41) is 12.3. The van der Waals surface area contributed by atoms with Gasteiger partial charge in [-0.25, -0.2) is 4.39 Å². The first-order valence-electron chi connectivity index (χ1n) is 8.94. The number of carbonyl (C=O) groups is 1. The molecule has 1 amide bonds. The van der Waals surface area contributed by atoms with Crippen molar-refractivity contribution in [1.82, 2.24) is 5.32 Å². The fourth-order valence-electron chi connectivity index (χ4n) is 2.82. The zero-order valence-electron chi connectivity index (χ0n) is 15.2. The van der Waals surface area contributed by atoms with E-state index >= 15 is 0 Å². The van der Waals surface area contributed by atoms with Crippen LogP contribution in [0.5, 0.6) is 0 Å². The second kappa shape index (κ2) is 9.72. The lowest BCUT2D eigenvalue weighted by molar-refractivity contribution is 0.0954. The second-order valence-corrected chi connectivity index (χ2v) is 7.28. The van der Waals surface area contributed by atoms with Gasteiger partial charge in [-0.1, -0.05) is 36.4 Å². The first-order chi connectivity index (χ1) is 13.7. The number of nitrogens with zero attached hydrogens (tertiary/aromatic N) is 1. The van der Waals surface area contributed by atoms with Crippen molar-refractivity contribution >= 4 is 17.7 Å². The average Bonchev–Trinajstić information content (AvgIpc) is 2.74. The number of hydrogen-bond acceptors (Lipinski definition) is 3. The largest absolute Gasteiger partial charge is 0.352 e. The van der Waals surface area contributed by atoms with E-state index in [0.717, 1.165) is 28.2 Å². The SMILES string of the molecule is N#Cc1ccccc1-c1ccccc1C(=O)NCCCSc1ccc(F)cc1. The lowest BCUT2D eigenvalue weighted by atomic mass is 9.95. The predicted octanol–water partition coefficient (Wildman–Crippen LogP) is 5.28. The molecule has 140 valence electrons. The highest BCUT2D eigenvalue weighted by molar-refractivity contribution is 7.99. The third kappa shape index (κ3) is 4.99. The summed E-state index contributed by atoms with van der Waals surface area (Å²) in [4.78, 5) is 13.7. The van der Waals surface area contributed by atoms with Gasteiger partial charge in [0.15, 0.2) is 0 Å². The van der Waals surface area contributed by atoms with Gasteiger partial charge in [0.1, 0.15) is 5.82 Å². The standard InChI is InChI=1S/C23H19FN2OS/c24-18-10-12-19(13-11-18)28-15-5-14-26-23(27)22-9-4-3-8-21(22)20-7-2-1-6-17(20)16-25/h1-4,6-13H,5,14-15H2,(H,26,27). The molecule has 0 radical (unpaired) electrons. The van der Waals surface area contributed by atoms with E-state index in [1.807, 2.05) is 36.4 Å². The van der Waals surface area contributed by atoms with Gasteiger partial charge in [0.25, 0.3) is 5.91 Å². The Hall–Kier alpha value is -3.10. The molecule has 0 saturated heterocycles. The molecular weight excluding hydrogens is 371 g/mol. The lowest BCUT2D eigenvalue weighted by Gasteiger charge is -2.11. The minimum atomic E-state index is -0.242. The van der Waals surface area contributed by atoms with Crippen molar-refractivity contribution in [3.8, 4) is 17.2 Å². The summed E-state index contributed by atoms with van der Waals surface area (Å²) in [6.07, 6.45) is 0.796. The van der Waals surface area contributed by atoms with Gasteiger partial charge < -0.3 is 5.32 Å². The molecule has 0 aliphatic carbocycles. The monoisotopic (exact) mass is 390 g/mol. The molecular formula is C23H19FN2OS. The van der Waals surface area contributed by atoms with Gasteiger partial charge in [0.05, 0.1) is 11.6 Å². The Morgan fingerprint density at radius 1 is 0.964 bits per heavy atom. The maximum Gasteiger partial charge on any atom is 0.251 e. The second-order valence-electron chi connectivity index (χ2n) is 6.11. The molecule has 3 aromatic carbocycles. The summed E-state index contributed by atoms with van der Waals surface area (Å²) in [6, 6.07) is 23.1. The quantitative estimate of drug-likeness (QED) is 0.441. The number of thioether (sulfide) groups is 1. The number of carbonyl (C=O) groups excluding carboxylic acids is 1. The Labute approximate surface area is 168 Å². The summed E-state index contributed by atoms with van der Waals surface area (Å²) in [6.45, 7) is 0.543. The highest BCUT2D eigenvalue weighted by Gasteiger charge is 2.14. The van der Waals surface area contributed by atoms with Crippen LogP contribution in [0.2, 0.25) is 0 Å². The van der Waals surface area contributed by atoms with Gasteiger partial charge in [-0.05, 0) is 54.1 Å². The van der Waals surface area contributed by atoms with Gasteiger partial charge in [-0.3, -0.25) is 4.79 Å². The van der Waals surface area contributed by atoms with Crippen molar-refractivity contribution in [3.63, 3.8) is 0 Å². The van der Waals surface area contributed by atoms with E-state index in [-0.39, 0.29) is 11.7 Å². The Morgan fingerprint density at radius 3 is 2.39 bits per heavy atom. The van der Waals surface area contributed by atoms with Crippen molar-refractivity contribution in [2.45, 2.75) is 11.3 Å². The van der Waals surface area contributed by atoms with Crippen molar-refractivity contribution < 1.29 is 9.18 Å². The highest BCUT2D eigenvalue weighted by Crippen LogP contribution is 2.27. The molecule has 0 bridgehead atoms.